The molecule has 0 saturated heterocycles. The molecule has 1 unspecified atom stereocenters. The minimum absolute atomic E-state index is 0.0383. The van der Waals surface area contributed by atoms with Crippen LogP contribution in [0.1, 0.15) is 24.4 Å². The van der Waals surface area contributed by atoms with E-state index in [0.717, 1.165) is 15.8 Å². The van der Waals surface area contributed by atoms with Crippen molar-refractivity contribution in [3.63, 3.8) is 0 Å². The van der Waals surface area contributed by atoms with Crippen molar-refractivity contribution in [2.45, 2.75) is 24.7 Å². The molecular weight excluding hydrogens is 440 g/mol. The Kier molecular flexibility index (Phi) is 7.11. The zero-order chi connectivity index (χ0) is 19.9. The molecule has 1 aromatic heterocycles. The first kappa shape index (κ1) is 20.4. The number of thioether (sulfide) groups is 1. The molecule has 146 valence electrons. The molecule has 3 rings (SSSR count). The fourth-order valence-electron chi connectivity index (χ4n) is 2.51. The number of ether oxygens (including phenoxy) is 1. The number of carbonyl (C=O) groups is 1. The number of amides is 1. The van der Waals surface area contributed by atoms with Crippen molar-refractivity contribution >= 4 is 33.6 Å². The maximum atomic E-state index is 12.2. The summed E-state index contributed by atoms with van der Waals surface area (Å²) in [5.74, 6) is 1.69. The zero-order valence-corrected chi connectivity index (χ0v) is 18.0. The van der Waals surface area contributed by atoms with Crippen molar-refractivity contribution in [3.8, 4) is 5.75 Å². The van der Waals surface area contributed by atoms with Crippen molar-refractivity contribution in [1.82, 2.24) is 20.1 Å². The molecular formula is C20H21BrN4O2S. The summed E-state index contributed by atoms with van der Waals surface area (Å²) in [5.41, 5.74) is 1.08. The van der Waals surface area contributed by atoms with Gasteiger partial charge in [0, 0.05) is 11.5 Å². The van der Waals surface area contributed by atoms with Crippen molar-refractivity contribution in [2.75, 3.05) is 5.75 Å². The molecule has 0 bridgehead atoms. The highest BCUT2D eigenvalue weighted by atomic mass is 79.9. The molecule has 1 N–H and O–H groups in total. The molecule has 2 aromatic carbocycles. The fourth-order valence-corrected chi connectivity index (χ4v) is 3.52. The molecule has 1 atom stereocenters. The SMILES string of the molecule is CC(NC(=O)CSc1nnc(COc2ccc(Br)cc2)n1C)c1ccccc1. The zero-order valence-electron chi connectivity index (χ0n) is 15.6. The van der Waals surface area contributed by atoms with Crippen molar-refractivity contribution in [1.29, 1.82) is 0 Å². The van der Waals surface area contributed by atoms with Crippen LogP contribution in [0.3, 0.4) is 0 Å². The third-order valence-corrected chi connectivity index (χ3v) is 5.66. The third-order valence-electron chi connectivity index (χ3n) is 4.12. The van der Waals surface area contributed by atoms with Gasteiger partial charge in [-0.25, -0.2) is 0 Å². The summed E-state index contributed by atoms with van der Waals surface area (Å²) >= 11 is 4.75. The summed E-state index contributed by atoms with van der Waals surface area (Å²) in [5, 5.41) is 12.0. The van der Waals surface area contributed by atoms with E-state index in [-0.39, 0.29) is 17.7 Å². The van der Waals surface area contributed by atoms with Gasteiger partial charge in [0.15, 0.2) is 11.0 Å². The molecule has 1 heterocycles. The Morgan fingerprint density at radius 1 is 1.18 bits per heavy atom. The number of nitrogens with zero attached hydrogens (tertiary/aromatic N) is 3. The van der Waals surface area contributed by atoms with Crippen LogP contribution in [-0.2, 0) is 18.4 Å². The lowest BCUT2D eigenvalue weighted by Gasteiger charge is -2.14. The van der Waals surface area contributed by atoms with Gasteiger partial charge in [-0.2, -0.15) is 0 Å². The van der Waals surface area contributed by atoms with Crippen LogP contribution in [0.4, 0.5) is 0 Å². The largest absolute Gasteiger partial charge is 0.486 e. The number of aromatic nitrogens is 3. The summed E-state index contributed by atoms with van der Waals surface area (Å²) in [6, 6.07) is 17.4. The number of benzene rings is 2. The Labute approximate surface area is 176 Å². The Morgan fingerprint density at radius 3 is 2.61 bits per heavy atom. The lowest BCUT2D eigenvalue weighted by molar-refractivity contribution is -0.119. The predicted octanol–water partition coefficient (Wildman–Crippen LogP) is 4.13. The predicted molar refractivity (Wildman–Crippen MR) is 113 cm³/mol. The fraction of sp³-hybridized carbons (Fsp3) is 0.250. The quantitative estimate of drug-likeness (QED) is 0.511. The van der Waals surface area contributed by atoms with Crippen LogP contribution in [-0.4, -0.2) is 26.4 Å². The van der Waals surface area contributed by atoms with Gasteiger partial charge in [0.2, 0.25) is 5.91 Å². The topological polar surface area (TPSA) is 69.0 Å². The van der Waals surface area contributed by atoms with E-state index in [9.17, 15) is 4.79 Å². The minimum atomic E-state index is -0.0444. The maximum absolute atomic E-state index is 12.2. The van der Waals surface area contributed by atoms with E-state index in [1.165, 1.54) is 11.8 Å². The summed E-state index contributed by atoms with van der Waals surface area (Å²) in [4.78, 5) is 12.2. The Bertz CT molecular complexity index is 916. The van der Waals surface area contributed by atoms with E-state index in [1.54, 1.807) is 0 Å². The number of hydrogen-bond acceptors (Lipinski definition) is 5. The molecule has 6 nitrogen and oxygen atoms in total. The molecule has 1 amide bonds. The average Bonchev–Trinajstić information content (AvgIpc) is 3.06. The summed E-state index contributed by atoms with van der Waals surface area (Å²) < 4.78 is 8.58. The average molecular weight is 461 g/mol. The lowest BCUT2D eigenvalue weighted by atomic mass is 10.1. The minimum Gasteiger partial charge on any atom is -0.486 e. The molecule has 0 aliphatic heterocycles. The maximum Gasteiger partial charge on any atom is 0.230 e. The van der Waals surface area contributed by atoms with Crippen LogP contribution in [0, 0.1) is 0 Å². The van der Waals surface area contributed by atoms with Gasteiger partial charge >= 0.3 is 0 Å². The molecule has 0 aliphatic rings. The van der Waals surface area contributed by atoms with E-state index in [1.807, 2.05) is 73.1 Å². The number of carbonyl (C=O) groups excluding carboxylic acids is 1. The highest BCUT2D eigenvalue weighted by molar-refractivity contribution is 9.10. The number of halogens is 1. The van der Waals surface area contributed by atoms with Crippen LogP contribution in [0.5, 0.6) is 5.75 Å². The first-order valence-electron chi connectivity index (χ1n) is 8.76. The Hall–Kier alpha value is -2.32. The van der Waals surface area contributed by atoms with E-state index in [0.29, 0.717) is 17.6 Å². The van der Waals surface area contributed by atoms with Crippen molar-refractivity contribution in [3.05, 3.63) is 70.5 Å². The second-order valence-corrected chi connectivity index (χ2v) is 8.05. The molecule has 8 heteroatoms. The van der Waals surface area contributed by atoms with Crippen LogP contribution < -0.4 is 10.1 Å². The van der Waals surface area contributed by atoms with Gasteiger partial charge in [0.05, 0.1) is 11.8 Å². The van der Waals surface area contributed by atoms with Crippen molar-refractivity contribution < 1.29 is 9.53 Å². The first-order valence-corrected chi connectivity index (χ1v) is 10.5. The molecule has 0 spiro atoms. The standard InChI is InChI=1S/C20H21BrN4O2S/c1-14(15-6-4-3-5-7-15)22-19(26)13-28-20-24-23-18(25(20)2)12-27-17-10-8-16(21)9-11-17/h3-11,14H,12-13H2,1-2H3,(H,22,26). The van der Waals surface area contributed by atoms with Gasteiger partial charge in [-0.1, -0.05) is 58.0 Å². The molecule has 0 fully saturated rings. The molecule has 0 radical (unpaired) electrons. The molecule has 0 aliphatic carbocycles. The van der Waals surface area contributed by atoms with Gasteiger partial charge in [-0.15, -0.1) is 10.2 Å². The van der Waals surface area contributed by atoms with E-state index < -0.39 is 0 Å². The van der Waals surface area contributed by atoms with Gasteiger partial charge in [-0.3, -0.25) is 4.79 Å². The highest BCUT2D eigenvalue weighted by Gasteiger charge is 2.14. The Morgan fingerprint density at radius 2 is 1.89 bits per heavy atom. The van der Waals surface area contributed by atoms with Gasteiger partial charge < -0.3 is 14.6 Å². The molecule has 28 heavy (non-hydrogen) atoms. The summed E-state index contributed by atoms with van der Waals surface area (Å²) in [7, 11) is 1.87. The van der Waals surface area contributed by atoms with E-state index in [4.69, 9.17) is 4.74 Å². The monoisotopic (exact) mass is 460 g/mol. The molecule has 3 aromatic rings. The summed E-state index contributed by atoms with van der Waals surface area (Å²) in [6.45, 7) is 2.28. The smallest absolute Gasteiger partial charge is 0.230 e. The normalized spacial score (nSPS) is 11.8. The van der Waals surface area contributed by atoms with E-state index in [2.05, 4.69) is 31.4 Å². The van der Waals surface area contributed by atoms with Crippen LogP contribution >= 0.6 is 27.7 Å². The second-order valence-electron chi connectivity index (χ2n) is 6.19. The van der Waals surface area contributed by atoms with Crippen LogP contribution in [0.25, 0.3) is 0 Å². The van der Waals surface area contributed by atoms with Gasteiger partial charge in [0.25, 0.3) is 0 Å². The van der Waals surface area contributed by atoms with Gasteiger partial charge in [-0.05, 0) is 36.8 Å². The third kappa shape index (κ3) is 5.59. The first-order chi connectivity index (χ1) is 13.5. The van der Waals surface area contributed by atoms with Crippen LogP contribution in [0.2, 0.25) is 0 Å². The molecule has 0 saturated carbocycles. The van der Waals surface area contributed by atoms with Gasteiger partial charge in [0.1, 0.15) is 12.4 Å². The number of nitrogens with one attached hydrogen (secondary N) is 1. The number of hydrogen-bond donors (Lipinski definition) is 1. The second kappa shape index (κ2) is 9.75. The van der Waals surface area contributed by atoms with E-state index >= 15 is 0 Å². The number of rotatable bonds is 8. The lowest BCUT2D eigenvalue weighted by Crippen LogP contribution is -2.28. The van der Waals surface area contributed by atoms with Crippen molar-refractivity contribution in [2.24, 2.45) is 7.05 Å². The highest BCUT2D eigenvalue weighted by Crippen LogP contribution is 2.19. The Balaban J connectivity index is 1.49. The van der Waals surface area contributed by atoms with Crippen LogP contribution in [0.15, 0.2) is 64.2 Å². The summed E-state index contributed by atoms with van der Waals surface area (Å²) in [6.07, 6.45) is 0.